The molecule has 0 atom stereocenters. The number of halogens is 2. The molecule has 0 fully saturated rings. The molecule has 0 aromatic heterocycles. The second kappa shape index (κ2) is 10.0. The Balaban J connectivity index is 1.61. The van der Waals surface area contributed by atoms with E-state index in [9.17, 15) is 9.18 Å². The molecule has 0 saturated carbocycles. The zero-order valence-corrected chi connectivity index (χ0v) is 19.8. The van der Waals surface area contributed by atoms with Crippen LogP contribution in [0.4, 0.5) is 10.1 Å². The van der Waals surface area contributed by atoms with Crippen molar-refractivity contribution in [3.63, 3.8) is 0 Å². The van der Waals surface area contributed by atoms with Crippen LogP contribution in [0.2, 0.25) is 0 Å². The molecule has 0 spiro atoms. The lowest BCUT2D eigenvalue weighted by atomic mass is 10.0. The molecule has 0 bridgehead atoms. The van der Waals surface area contributed by atoms with Crippen LogP contribution in [0.25, 0.3) is 6.08 Å². The van der Waals surface area contributed by atoms with Crippen molar-refractivity contribution in [3.05, 3.63) is 93.7 Å². The molecule has 1 aliphatic heterocycles. The van der Waals surface area contributed by atoms with Gasteiger partial charge in [0.1, 0.15) is 12.4 Å². The van der Waals surface area contributed by atoms with Gasteiger partial charge >= 0.3 is 0 Å². The maximum Gasteiger partial charge on any atom is 0.280 e. The van der Waals surface area contributed by atoms with Gasteiger partial charge in [0.05, 0.1) is 24.1 Å². The summed E-state index contributed by atoms with van der Waals surface area (Å²) in [5, 5.41) is 5.96. The second-order valence-electron chi connectivity index (χ2n) is 7.38. The van der Waals surface area contributed by atoms with Crippen molar-refractivity contribution in [1.82, 2.24) is 0 Å². The topological polar surface area (TPSA) is 51.1 Å². The SMILES string of the molecule is CCC1=NN(c2cccc(Br)c2)C(=O)/C1=C\c1ccc(OC)c(OCc2ccc(F)cc2)c1. The number of carbonyl (C=O) groups excluding carboxylic acids is 1. The van der Waals surface area contributed by atoms with Gasteiger partial charge in [0.2, 0.25) is 0 Å². The number of methoxy groups -OCH3 is 1. The molecule has 1 heterocycles. The monoisotopic (exact) mass is 508 g/mol. The highest BCUT2D eigenvalue weighted by molar-refractivity contribution is 9.10. The minimum absolute atomic E-state index is 0.186. The predicted molar refractivity (Wildman–Crippen MR) is 131 cm³/mol. The van der Waals surface area contributed by atoms with Crippen LogP contribution in [0.1, 0.15) is 24.5 Å². The molecule has 4 rings (SSSR count). The van der Waals surface area contributed by atoms with Gasteiger partial charge in [0, 0.05) is 4.47 Å². The Labute approximate surface area is 200 Å². The van der Waals surface area contributed by atoms with Gasteiger partial charge in [-0.15, -0.1) is 0 Å². The predicted octanol–water partition coefficient (Wildman–Crippen LogP) is 6.37. The van der Waals surface area contributed by atoms with Crippen LogP contribution >= 0.6 is 15.9 Å². The van der Waals surface area contributed by atoms with E-state index in [4.69, 9.17) is 9.47 Å². The van der Waals surface area contributed by atoms with Crippen molar-refractivity contribution in [3.8, 4) is 11.5 Å². The van der Waals surface area contributed by atoms with Crippen LogP contribution in [-0.2, 0) is 11.4 Å². The fraction of sp³-hybridized carbons (Fsp3) is 0.154. The Morgan fingerprint density at radius 1 is 1.06 bits per heavy atom. The third-order valence-electron chi connectivity index (χ3n) is 5.15. The second-order valence-corrected chi connectivity index (χ2v) is 8.30. The van der Waals surface area contributed by atoms with Crippen molar-refractivity contribution < 1.29 is 18.7 Å². The molecule has 0 aliphatic carbocycles. The van der Waals surface area contributed by atoms with E-state index in [1.54, 1.807) is 25.3 Å². The Morgan fingerprint density at radius 3 is 2.55 bits per heavy atom. The first-order valence-electron chi connectivity index (χ1n) is 10.4. The third kappa shape index (κ3) is 5.14. The zero-order valence-electron chi connectivity index (χ0n) is 18.2. The maximum absolute atomic E-state index is 13.2. The molecule has 0 N–H and O–H groups in total. The van der Waals surface area contributed by atoms with Gasteiger partial charge in [-0.25, -0.2) is 4.39 Å². The number of hydrogen-bond donors (Lipinski definition) is 0. The summed E-state index contributed by atoms with van der Waals surface area (Å²) in [6, 6.07) is 19.1. The van der Waals surface area contributed by atoms with E-state index in [2.05, 4.69) is 21.0 Å². The van der Waals surface area contributed by atoms with E-state index in [-0.39, 0.29) is 18.3 Å². The van der Waals surface area contributed by atoms with E-state index in [1.165, 1.54) is 17.1 Å². The fourth-order valence-corrected chi connectivity index (χ4v) is 3.84. The Morgan fingerprint density at radius 2 is 1.85 bits per heavy atom. The highest BCUT2D eigenvalue weighted by Gasteiger charge is 2.30. The lowest BCUT2D eigenvalue weighted by molar-refractivity contribution is -0.114. The van der Waals surface area contributed by atoms with Crippen LogP contribution in [-0.4, -0.2) is 18.7 Å². The van der Waals surface area contributed by atoms with Crippen molar-refractivity contribution in [2.45, 2.75) is 20.0 Å². The highest BCUT2D eigenvalue weighted by Crippen LogP contribution is 2.32. The fourth-order valence-electron chi connectivity index (χ4n) is 3.45. The van der Waals surface area contributed by atoms with Gasteiger partial charge in [0.15, 0.2) is 11.5 Å². The van der Waals surface area contributed by atoms with Crippen LogP contribution in [0.15, 0.2) is 81.9 Å². The summed E-state index contributed by atoms with van der Waals surface area (Å²) in [7, 11) is 1.57. The number of nitrogens with zero attached hydrogens (tertiary/aromatic N) is 2. The first kappa shape index (κ1) is 22.7. The summed E-state index contributed by atoms with van der Waals surface area (Å²) < 4.78 is 25.4. The number of anilines is 1. The minimum Gasteiger partial charge on any atom is -0.493 e. The number of hydrogen-bond acceptors (Lipinski definition) is 4. The molecule has 3 aromatic carbocycles. The summed E-state index contributed by atoms with van der Waals surface area (Å²) in [5.41, 5.74) is 3.56. The molecule has 7 heteroatoms. The lowest BCUT2D eigenvalue weighted by Crippen LogP contribution is -2.21. The Kier molecular flexibility index (Phi) is 6.89. The molecule has 1 aliphatic rings. The molecule has 0 unspecified atom stereocenters. The summed E-state index contributed by atoms with van der Waals surface area (Å²) in [5.74, 6) is 0.614. The van der Waals surface area contributed by atoms with E-state index in [0.29, 0.717) is 34.9 Å². The van der Waals surface area contributed by atoms with Gasteiger partial charge in [-0.3, -0.25) is 4.79 Å². The highest BCUT2D eigenvalue weighted by atomic mass is 79.9. The standard InChI is InChI=1S/C26H22BrFN2O3/c1-3-23-22(26(31)30(29-23)21-6-4-5-19(27)15-21)13-18-9-12-24(32-2)25(14-18)33-16-17-7-10-20(28)11-8-17/h4-15H,3,16H2,1-2H3/b22-13-. The molecule has 1 amide bonds. The van der Waals surface area contributed by atoms with Crippen LogP contribution in [0.3, 0.4) is 0 Å². The zero-order chi connectivity index (χ0) is 23.4. The maximum atomic E-state index is 13.2. The average Bonchev–Trinajstić information content (AvgIpc) is 3.14. The van der Waals surface area contributed by atoms with Crippen molar-refractivity contribution in [2.75, 3.05) is 12.1 Å². The molecule has 0 radical (unpaired) electrons. The summed E-state index contributed by atoms with van der Waals surface area (Å²) in [6.07, 6.45) is 2.43. The summed E-state index contributed by atoms with van der Waals surface area (Å²) in [4.78, 5) is 13.2. The molecule has 33 heavy (non-hydrogen) atoms. The molecule has 3 aromatic rings. The summed E-state index contributed by atoms with van der Waals surface area (Å²) >= 11 is 3.44. The molecule has 168 valence electrons. The Bertz CT molecular complexity index is 1240. The van der Waals surface area contributed by atoms with E-state index in [0.717, 1.165) is 15.6 Å². The lowest BCUT2D eigenvalue weighted by Gasteiger charge is -2.13. The van der Waals surface area contributed by atoms with Crippen LogP contribution in [0, 0.1) is 5.82 Å². The third-order valence-corrected chi connectivity index (χ3v) is 5.64. The van der Waals surface area contributed by atoms with Gasteiger partial charge in [0.25, 0.3) is 5.91 Å². The van der Waals surface area contributed by atoms with E-state index < -0.39 is 0 Å². The molecular formula is C26H22BrFN2O3. The first-order chi connectivity index (χ1) is 16.0. The first-order valence-corrected chi connectivity index (χ1v) is 11.2. The van der Waals surface area contributed by atoms with Crippen molar-refractivity contribution in [2.24, 2.45) is 5.10 Å². The molecular weight excluding hydrogens is 487 g/mol. The normalized spacial score (nSPS) is 14.5. The average molecular weight is 509 g/mol. The number of benzene rings is 3. The van der Waals surface area contributed by atoms with E-state index in [1.807, 2.05) is 49.4 Å². The van der Waals surface area contributed by atoms with Crippen LogP contribution < -0.4 is 14.5 Å². The minimum atomic E-state index is -0.295. The van der Waals surface area contributed by atoms with Crippen LogP contribution in [0.5, 0.6) is 11.5 Å². The number of carbonyl (C=O) groups is 1. The number of ether oxygens (including phenoxy) is 2. The van der Waals surface area contributed by atoms with Gasteiger partial charge in [-0.05, 0) is 66.1 Å². The van der Waals surface area contributed by atoms with Gasteiger partial charge in [-0.1, -0.05) is 47.1 Å². The quantitative estimate of drug-likeness (QED) is 0.348. The van der Waals surface area contributed by atoms with E-state index >= 15 is 0 Å². The van der Waals surface area contributed by atoms with Crippen molar-refractivity contribution in [1.29, 1.82) is 0 Å². The molecule has 0 saturated heterocycles. The Hall–Kier alpha value is -3.45. The summed E-state index contributed by atoms with van der Waals surface area (Å²) in [6.45, 7) is 2.23. The largest absolute Gasteiger partial charge is 0.493 e. The van der Waals surface area contributed by atoms with Gasteiger partial charge < -0.3 is 9.47 Å². The van der Waals surface area contributed by atoms with Gasteiger partial charge in [-0.2, -0.15) is 10.1 Å². The van der Waals surface area contributed by atoms with Crippen molar-refractivity contribution >= 4 is 39.3 Å². The number of amides is 1. The molecule has 5 nitrogen and oxygen atoms in total. The smallest absolute Gasteiger partial charge is 0.280 e. The number of hydrazone groups is 1. The number of rotatable bonds is 7.